The summed E-state index contributed by atoms with van der Waals surface area (Å²) < 4.78 is 0. The van der Waals surface area contributed by atoms with Gasteiger partial charge in [-0.05, 0) is 13.3 Å². The molecule has 6 heavy (non-hydrogen) atoms. The van der Waals surface area contributed by atoms with Gasteiger partial charge in [-0.2, -0.15) is 7.05 Å². The van der Waals surface area contributed by atoms with Crippen LogP contribution in [0.15, 0.2) is 0 Å². The second kappa shape index (κ2) is 3.16. The maximum absolute atomic E-state index is 3.63. The molecule has 0 radical (unpaired) electrons. The van der Waals surface area contributed by atoms with E-state index in [0.717, 1.165) is 0 Å². The molecule has 0 aromatic rings. The highest BCUT2D eigenvalue weighted by molar-refractivity contribution is 4.34. The van der Waals surface area contributed by atoms with Crippen LogP contribution in [0.4, 0.5) is 0 Å². The zero-order chi connectivity index (χ0) is 4.99. The van der Waals surface area contributed by atoms with Crippen molar-refractivity contribution in [2.45, 2.75) is 26.3 Å². The summed E-state index contributed by atoms with van der Waals surface area (Å²) in [6.45, 7) is 4.32. The summed E-state index contributed by atoms with van der Waals surface area (Å²) in [7, 11) is 3.63. The second-order valence-corrected chi connectivity index (χ2v) is 1.62. The monoisotopic (exact) mass is 87.1 g/mol. The van der Waals surface area contributed by atoms with E-state index in [1.54, 1.807) is 0 Å². The Morgan fingerprint density at radius 2 is 2.33 bits per heavy atom. The van der Waals surface area contributed by atoms with Gasteiger partial charge in [0, 0.05) is 0 Å². The van der Waals surface area contributed by atoms with Gasteiger partial charge in [-0.3, -0.25) is 0 Å². The Bertz CT molecular complexity index is 23.1. The van der Waals surface area contributed by atoms with Gasteiger partial charge in [0.2, 0.25) is 0 Å². The molecule has 1 heteroatoms. The highest BCUT2D eigenvalue weighted by atomic mass is 14.8. The van der Waals surface area contributed by atoms with Crippen LogP contribution in [0.1, 0.15) is 20.3 Å². The fraction of sp³-hybridized carbons (Fsp3) is 0.800. The molecule has 0 aliphatic carbocycles. The minimum atomic E-state index is 0.699. The van der Waals surface area contributed by atoms with E-state index in [1.807, 2.05) is 5.32 Å². The average Bonchev–Trinajstić information content (AvgIpc) is 1.65. The topological polar surface area (TPSA) is 16.6 Å². The lowest BCUT2D eigenvalue weighted by molar-refractivity contribution is -0.630. The minimum Gasteiger partial charge on any atom is -0.477 e. The lowest BCUT2D eigenvalue weighted by atomic mass is 10.3. The third-order valence-corrected chi connectivity index (χ3v) is 1.05. The van der Waals surface area contributed by atoms with Gasteiger partial charge in [-0.15, -0.1) is 0 Å². The molecule has 0 amide bonds. The van der Waals surface area contributed by atoms with Crippen LogP contribution >= 0.6 is 0 Å². The molecular formula is C5H13N. The van der Waals surface area contributed by atoms with Crippen molar-refractivity contribution in [2.24, 2.45) is 0 Å². The summed E-state index contributed by atoms with van der Waals surface area (Å²) in [5.74, 6) is 0. The molecule has 1 nitrogen and oxygen atoms in total. The number of hydrogen-bond acceptors (Lipinski definition) is 0. The van der Waals surface area contributed by atoms with E-state index in [0.29, 0.717) is 6.04 Å². The Balaban J connectivity index is 2.75. The fourth-order valence-electron chi connectivity index (χ4n) is 0.167. The Morgan fingerprint density at radius 1 is 1.83 bits per heavy atom. The van der Waals surface area contributed by atoms with E-state index < -0.39 is 0 Å². The third kappa shape index (κ3) is 2.21. The van der Waals surface area contributed by atoms with Gasteiger partial charge in [0.05, 0.1) is 6.04 Å². The second-order valence-electron chi connectivity index (χ2n) is 1.62. The SMILES string of the molecule is [CH2-][NH2+][C@H](C)CC. The quantitative estimate of drug-likeness (QED) is 0.461. The lowest BCUT2D eigenvalue weighted by Gasteiger charge is -2.04. The van der Waals surface area contributed by atoms with Crippen molar-refractivity contribution in [3.8, 4) is 0 Å². The maximum Gasteiger partial charge on any atom is 0.0588 e. The summed E-state index contributed by atoms with van der Waals surface area (Å²) in [4.78, 5) is 0. The van der Waals surface area contributed by atoms with Gasteiger partial charge in [-0.25, -0.2) is 0 Å². The predicted octanol–water partition coefficient (Wildman–Crippen LogP) is 0.140. The molecule has 0 unspecified atom stereocenters. The minimum absolute atomic E-state index is 0.699. The standard InChI is InChI=1S/C5H13N/c1-4-5(2)6-3/h5H,3-4,6H2,1-2H3/t5-/m1/s1. The molecule has 0 aliphatic rings. The first kappa shape index (κ1) is 5.96. The number of hydrogen-bond donors (Lipinski definition) is 1. The van der Waals surface area contributed by atoms with Gasteiger partial charge in [-0.1, -0.05) is 6.92 Å². The van der Waals surface area contributed by atoms with E-state index in [1.165, 1.54) is 6.42 Å². The molecule has 0 spiro atoms. The van der Waals surface area contributed by atoms with Gasteiger partial charge < -0.3 is 5.32 Å². The van der Waals surface area contributed by atoms with Gasteiger partial charge in [0.15, 0.2) is 0 Å². The Labute approximate surface area is 39.7 Å². The van der Waals surface area contributed by atoms with Gasteiger partial charge >= 0.3 is 0 Å². The molecule has 0 saturated carbocycles. The zero-order valence-corrected chi connectivity index (χ0v) is 4.57. The van der Waals surface area contributed by atoms with Crippen LogP contribution in [0, 0.1) is 7.05 Å². The van der Waals surface area contributed by atoms with Gasteiger partial charge in [0.1, 0.15) is 0 Å². The first-order chi connectivity index (χ1) is 2.81. The first-order valence-electron chi connectivity index (χ1n) is 2.43. The molecule has 0 rings (SSSR count). The molecular weight excluding hydrogens is 74.1 g/mol. The fourth-order valence-corrected chi connectivity index (χ4v) is 0.167. The van der Waals surface area contributed by atoms with Crippen LogP contribution in [-0.4, -0.2) is 6.04 Å². The molecule has 0 heterocycles. The van der Waals surface area contributed by atoms with E-state index in [9.17, 15) is 0 Å². The van der Waals surface area contributed by atoms with Crippen molar-refractivity contribution in [3.63, 3.8) is 0 Å². The number of rotatable bonds is 2. The molecule has 1 atom stereocenters. The molecule has 0 aromatic carbocycles. The van der Waals surface area contributed by atoms with Crippen LogP contribution in [0.5, 0.6) is 0 Å². The molecule has 38 valence electrons. The molecule has 0 fully saturated rings. The van der Waals surface area contributed by atoms with E-state index in [-0.39, 0.29) is 0 Å². The molecule has 0 aliphatic heterocycles. The third-order valence-electron chi connectivity index (χ3n) is 1.05. The predicted molar refractivity (Wildman–Crippen MR) is 27.0 cm³/mol. The summed E-state index contributed by atoms with van der Waals surface area (Å²) in [5, 5.41) is 1.97. The smallest absolute Gasteiger partial charge is 0.0588 e. The van der Waals surface area contributed by atoms with Crippen LogP contribution in [-0.2, 0) is 0 Å². The van der Waals surface area contributed by atoms with Crippen molar-refractivity contribution in [1.82, 2.24) is 0 Å². The maximum atomic E-state index is 3.63. The first-order valence-corrected chi connectivity index (χ1v) is 2.43. The Kier molecular flexibility index (Phi) is 3.14. The normalized spacial score (nSPS) is 14.5. The summed E-state index contributed by atoms with van der Waals surface area (Å²) in [6, 6.07) is 0.699. The summed E-state index contributed by atoms with van der Waals surface area (Å²) >= 11 is 0. The van der Waals surface area contributed by atoms with Crippen molar-refractivity contribution < 1.29 is 5.32 Å². The number of quaternary nitrogens is 1. The molecule has 0 saturated heterocycles. The van der Waals surface area contributed by atoms with E-state index in [4.69, 9.17) is 0 Å². The van der Waals surface area contributed by atoms with Crippen molar-refractivity contribution in [1.29, 1.82) is 0 Å². The molecule has 0 bridgehead atoms. The van der Waals surface area contributed by atoms with Crippen LogP contribution < -0.4 is 5.32 Å². The van der Waals surface area contributed by atoms with Crippen molar-refractivity contribution >= 4 is 0 Å². The van der Waals surface area contributed by atoms with Crippen molar-refractivity contribution in [2.75, 3.05) is 0 Å². The van der Waals surface area contributed by atoms with Gasteiger partial charge in [0.25, 0.3) is 0 Å². The van der Waals surface area contributed by atoms with E-state index in [2.05, 4.69) is 20.9 Å². The molecule has 0 aromatic heterocycles. The average molecular weight is 87.2 g/mol. The van der Waals surface area contributed by atoms with Crippen LogP contribution in [0.3, 0.4) is 0 Å². The van der Waals surface area contributed by atoms with Crippen LogP contribution in [0.25, 0.3) is 0 Å². The highest BCUT2D eigenvalue weighted by Gasteiger charge is 1.87. The Hall–Kier alpha value is -0.0400. The van der Waals surface area contributed by atoms with Crippen LogP contribution in [0.2, 0.25) is 0 Å². The highest BCUT2D eigenvalue weighted by Crippen LogP contribution is 1.75. The lowest BCUT2D eigenvalue weighted by Crippen LogP contribution is -2.82. The number of nitrogens with two attached hydrogens (primary N) is 1. The van der Waals surface area contributed by atoms with Crippen molar-refractivity contribution in [3.05, 3.63) is 7.05 Å². The Morgan fingerprint density at radius 3 is 2.33 bits per heavy atom. The molecule has 2 N–H and O–H groups in total. The summed E-state index contributed by atoms with van der Waals surface area (Å²) in [5.41, 5.74) is 0. The zero-order valence-electron chi connectivity index (χ0n) is 4.57. The van der Waals surface area contributed by atoms with E-state index >= 15 is 0 Å². The largest absolute Gasteiger partial charge is 0.477 e. The summed E-state index contributed by atoms with van der Waals surface area (Å²) in [6.07, 6.45) is 1.21.